The third kappa shape index (κ3) is 3.56. The standard InChI is InChI=1S/C21H17N5OS/c1-13-24-17-7-6-16(26-19(17)20(22)25-13)15-5-3-4-14(10-15)8-9-21(2,27)18-11-28-12-23-18/h3-7,10-12,27H,1-2H3,(H2,22,24,25)/t21-/m0/s1. The molecule has 7 heteroatoms. The molecule has 3 aromatic heterocycles. The van der Waals surface area contributed by atoms with E-state index >= 15 is 0 Å². The Kier molecular flexibility index (Phi) is 4.51. The molecule has 0 radical (unpaired) electrons. The van der Waals surface area contributed by atoms with E-state index in [0.29, 0.717) is 28.4 Å². The van der Waals surface area contributed by atoms with Gasteiger partial charge in [-0.2, -0.15) is 0 Å². The number of nitrogen functional groups attached to an aromatic ring is 1. The predicted molar refractivity (Wildman–Crippen MR) is 110 cm³/mol. The number of benzene rings is 1. The van der Waals surface area contributed by atoms with E-state index in [-0.39, 0.29) is 0 Å². The Labute approximate surface area is 166 Å². The van der Waals surface area contributed by atoms with E-state index in [0.717, 1.165) is 16.8 Å². The second-order valence-corrected chi connectivity index (χ2v) is 7.22. The molecule has 0 aliphatic carbocycles. The number of pyridine rings is 1. The van der Waals surface area contributed by atoms with Crippen LogP contribution in [0.1, 0.15) is 24.0 Å². The smallest absolute Gasteiger partial charge is 0.166 e. The van der Waals surface area contributed by atoms with Crippen molar-refractivity contribution in [2.45, 2.75) is 19.4 Å². The number of hydrogen-bond donors (Lipinski definition) is 2. The van der Waals surface area contributed by atoms with Crippen LogP contribution in [0.5, 0.6) is 0 Å². The summed E-state index contributed by atoms with van der Waals surface area (Å²) in [6, 6.07) is 11.4. The first kappa shape index (κ1) is 18.0. The Balaban J connectivity index is 1.70. The average Bonchev–Trinajstić information content (AvgIpc) is 3.22. The van der Waals surface area contributed by atoms with Gasteiger partial charge >= 0.3 is 0 Å². The zero-order valence-corrected chi connectivity index (χ0v) is 16.2. The van der Waals surface area contributed by atoms with Crippen molar-refractivity contribution in [2.75, 3.05) is 5.73 Å². The fourth-order valence-corrected chi connectivity index (χ4v) is 3.44. The van der Waals surface area contributed by atoms with Crippen molar-refractivity contribution in [3.8, 4) is 23.1 Å². The van der Waals surface area contributed by atoms with Crippen molar-refractivity contribution in [1.82, 2.24) is 19.9 Å². The molecule has 0 saturated heterocycles. The monoisotopic (exact) mass is 387 g/mol. The quantitative estimate of drug-likeness (QED) is 0.512. The average molecular weight is 387 g/mol. The van der Waals surface area contributed by atoms with Crippen molar-refractivity contribution in [2.24, 2.45) is 0 Å². The Bertz CT molecular complexity index is 1220. The van der Waals surface area contributed by atoms with Gasteiger partial charge in [-0.1, -0.05) is 24.0 Å². The molecule has 1 atom stereocenters. The molecule has 0 amide bonds. The molecule has 0 fully saturated rings. The number of aliphatic hydroxyl groups is 1. The van der Waals surface area contributed by atoms with E-state index < -0.39 is 5.60 Å². The minimum absolute atomic E-state index is 0.361. The maximum atomic E-state index is 10.5. The first-order chi connectivity index (χ1) is 13.4. The highest BCUT2D eigenvalue weighted by molar-refractivity contribution is 7.07. The number of fused-ring (bicyclic) bond motifs is 1. The summed E-state index contributed by atoms with van der Waals surface area (Å²) in [5, 5.41) is 12.3. The minimum atomic E-state index is -1.30. The Morgan fingerprint density at radius 1 is 1.14 bits per heavy atom. The molecule has 0 aliphatic heterocycles. The number of rotatable bonds is 2. The number of nitrogens with zero attached hydrogens (tertiary/aromatic N) is 4. The maximum Gasteiger partial charge on any atom is 0.166 e. The van der Waals surface area contributed by atoms with E-state index in [1.165, 1.54) is 11.3 Å². The van der Waals surface area contributed by atoms with Crippen LogP contribution < -0.4 is 5.73 Å². The lowest BCUT2D eigenvalue weighted by Gasteiger charge is -2.12. The summed E-state index contributed by atoms with van der Waals surface area (Å²) in [6.07, 6.45) is 0. The van der Waals surface area contributed by atoms with Gasteiger partial charge in [0.25, 0.3) is 0 Å². The minimum Gasteiger partial charge on any atom is -0.382 e. The van der Waals surface area contributed by atoms with Crippen molar-refractivity contribution >= 4 is 28.2 Å². The highest BCUT2D eigenvalue weighted by Crippen LogP contribution is 2.24. The van der Waals surface area contributed by atoms with Gasteiger partial charge in [0.15, 0.2) is 11.4 Å². The van der Waals surface area contributed by atoms with Gasteiger partial charge < -0.3 is 10.8 Å². The lowest BCUT2D eigenvalue weighted by atomic mass is 10.0. The highest BCUT2D eigenvalue weighted by Gasteiger charge is 2.22. The van der Waals surface area contributed by atoms with Gasteiger partial charge in [-0.15, -0.1) is 11.3 Å². The second kappa shape index (κ2) is 7.00. The number of nitrogens with two attached hydrogens (primary N) is 1. The summed E-state index contributed by atoms with van der Waals surface area (Å²) >= 11 is 1.42. The van der Waals surface area contributed by atoms with Crippen LogP contribution in [-0.2, 0) is 5.60 Å². The van der Waals surface area contributed by atoms with Gasteiger partial charge in [-0.25, -0.2) is 19.9 Å². The lowest BCUT2D eigenvalue weighted by Crippen LogP contribution is -2.18. The molecule has 3 N–H and O–H groups in total. The largest absolute Gasteiger partial charge is 0.382 e. The third-order valence-electron chi connectivity index (χ3n) is 4.22. The van der Waals surface area contributed by atoms with Crippen LogP contribution >= 0.6 is 11.3 Å². The van der Waals surface area contributed by atoms with Crippen molar-refractivity contribution < 1.29 is 5.11 Å². The van der Waals surface area contributed by atoms with Gasteiger partial charge in [0.1, 0.15) is 11.3 Å². The molecule has 6 nitrogen and oxygen atoms in total. The molecular formula is C21H17N5OS. The molecule has 0 bridgehead atoms. The molecule has 0 spiro atoms. The van der Waals surface area contributed by atoms with Gasteiger partial charge in [-0.05, 0) is 38.1 Å². The van der Waals surface area contributed by atoms with Crippen LogP contribution in [0.15, 0.2) is 47.3 Å². The summed E-state index contributed by atoms with van der Waals surface area (Å²) in [6.45, 7) is 3.43. The SMILES string of the molecule is Cc1nc(N)c2nc(-c3cccc(C#C[C@](C)(O)c4cscn4)c3)ccc2n1. The van der Waals surface area contributed by atoms with Crippen molar-refractivity contribution in [3.05, 3.63) is 64.4 Å². The van der Waals surface area contributed by atoms with E-state index in [2.05, 4.69) is 31.8 Å². The van der Waals surface area contributed by atoms with Gasteiger partial charge in [0, 0.05) is 16.5 Å². The number of aryl methyl sites for hydroxylation is 1. The zero-order valence-electron chi connectivity index (χ0n) is 15.3. The summed E-state index contributed by atoms with van der Waals surface area (Å²) in [7, 11) is 0. The Hall–Kier alpha value is -3.34. The number of anilines is 1. The maximum absolute atomic E-state index is 10.5. The number of thiazole rings is 1. The Morgan fingerprint density at radius 3 is 2.79 bits per heavy atom. The molecule has 138 valence electrons. The van der Waals surface area contributed by atoms with Crippen LogP contribution in [0.2, 0.25) is 0 Å². The van der Waals surface area contributed by atoms with Crippen molar-refractivity contribution in [3.63, 3.8) is 0 Å². The predicted octanol–water partition coefficient (Wildman–Crippen LogP) is 3.30. The topological polar surface area (TPSA) is 97.8 Å². The molecule has 0 saturated carbocycles. The van der Waals surface area contributed by atoms with Crippen LogP contribution in [0.4, 0.5) is 5.82 Å². The summed E-state index contributed by atoms with van der Waals surface area (Å²) in [5.41, 5.74) is 10.6. The first-order valence-electron chi connectivity index (χ1n) is 8.58. The molecule has 3 heterocycles. The summed E-state index contributed by atoms with van der Waals surface area (Å²) in [4.78, 5) is 17.3. The van der Waals surface area contributed by atoms with Crippen LogP contribution in [0.3, 0.4) is 0 Å². The molecule has 28 heavy (non-hydrogen) atoms. The fourth-order valence-electron chi connectivity index (χ4n) is 2.79. The van der Waals surface area contributed by atoms with Crippen LogP contribution in [-0.4, -0.2) is 25.0 Å². The number of aromatic nitrogens is 4. The van der Waals surface area contributed by atoms with Crippen molar-refractivity contribution in [1.29, 1.82) is 0 Å². The van der Waals surface area contributed by atoms with E-state index in [1.54, 1.807) is 24.7 Å². The van der Waals surface area contributed by atoms with Gasteiger partial charge in [-0.3, -0.25) is 0 Å². The third-order valence-corrected chi connectivity index (χ3v) is 4.81. The molecule has 4 aromatic rings. The normalized spacial score (nSPS) is 13.0. The second-order valence-electron chi connectivity index (χ2n) is 6.50. The van der Waals surface area contributed by atoms with Crippen LogP contribution in [0, 0.1) is 18.8 Å². The van der Waals surface area contributed by atoms with Gasteiger partial charge in [0.05, 0.1) is 22.4 Å². The van der Waals surface area contributed by atoms with E-state index in [9.17, 15) is 5.11 Å². The first-order valence-corrected chi connectivity index (χ1v) is 9.52. The molecule has 4 rings (SSSR count). The van der Waals surface area contributed by atoms with Crippen LogP contribution in [0.25, 0.3) is 22.3 Å². The summed E-state index contributed by atoms with van der Waals surface area (Å²) in [5.74, 6) is 6.89. The lowest BCUT2D eigenvalue weighted by molar-refractivity contribution is 0.118. The molecule has 0 unspecified atom stereocenters. The van der Waals surface area contributed by atoms with Gasteiger partial charge in [0.2, 0.25) is 0 Å². The summed E-state index contributed by atoms with van der Waals surface area (Å²) < 4.78 is 0. The fraction of sp³-hybridized carbons (Fsp3) is 0.143. The van der Waals surface area contributed by atoms with E-state index in [4.69, 9.17) is 5.73 Å². The highest BCUT2D eigenvalue weighted by atomic mass is 32.1. The molecule has 0 aliphatic rings. The zero-order chi connectivity index (χ0) is 19.7. The number of hydrogen-bond acceptors (Lipinski definition) is 7. The van der Waals surface area contributed by atoms with E-state index in [1.807, 2.05) is 36.4 Å². The molecule has 1 aromatic carbocycles. The molecular weight excluding hydrogens is 370 g/mol. The Morgan fingerprint density at radius 2 is 2.00 bits per heavy atom.